The Bertz CT molecular complexity index is 722. The molecule has 2 aromatic rings. The summed E-state index contributed by atoms with van der Waals surface area (Å²) in [5.41, 5.74) is 4.81. The Morgan fingerprint density at radius 3 is 2.50 bits per heavy atom. The molecule has 1 N–H and O–H groups in total. The van der Waals surface area contributed by atoms with Gasteiger partial charge in [-0.1, -0.05) is 19.9 Å². The molecule has 1 aromatic heterocycles. The highest BCUT2D eigenvalue weighted by molar-refractivity contribution is 5.44. The fourth-order valence-electron chi connectivity index (χ4n) is 3.28. The summed E-state index contributed by atoms with van der Waals surface area (Å²) in [6.07, 6.45) is 0. The molecule has 0 radical (unpaired) electrons. The Kier molecular flexibility index (Phi) is 4.81. The van der Waals surface area contributed by atoms with Crippen LogP contribution < -0.4 is 14.8 Å². The monoisotopic (exact) mass is 329 g/mol. The van der Waals surface area contributed by atoms with E-state index in [-0.39, 0.29) is 6.04 Å². The van der Waals surface area contributed by atoms with Crippen LogP contribution in [0.25, 0.3) is 0 Å². The van der Waals surface area contributed by atoms with Crippen molar-refractivity contribution in [1.82, 2.24) is 15.1 Å². The number of aryl methyl sites for hydroxylation is 2. The molecule has 0 bridgehead atoms. The van der Waals surface area contributed by atoms with Gasteiger partial charge in [-0.05, 0) is 37.5 Å². The van der Waals surface area contributed by atoms with Gasteiger partial charge in [0.2, 0.25) is 0 Å². The highest BCUT2D eigenvalue weighted by Crippen LogP contribution is 2.34. The first-order valence-electron chi connectivity index (χ1n) is 8.59. The van der Waals surface area contributed by atoms with Crippen molar-refractivity contribution in [3.05, 3.63) is 40.7 Å². The first-order chi connectivity index (χ1) is 11.5. The van der Waals surface area contributed by atoms with Gasteiger partial charge in [0.1, 0.15) is 13.2 Å². The van der Waals surface area contributed by atoms with Gasteiger partial charge in [-0.3, -0.25) is 4.68 Å². The Morgan fingerprint density at radius 1 is 1.17 bits per heavy atom. The summed E-state index contributed by atoms with van der Waals surface area (Å²) in [5.74, 6) is 2.15. The maximum absolute atomic E-state index is 5.73. The van der Waals surface area contributed by atoms with E-state index in [2.05, 4.69) is 50.2 Å². The quantitative estimate of drug-likeness (QED) is 0.914. The van der Waals surface area contributed by atoms with Gasteiger partial charge < -0.3 is 14.8 Å². The predicted octanol–water partition coefficient (Wildman–Crippen LogP) is 3.30. The molecule has 2 heterocycles. The Morgan fingerprint density at radius 2 is 1.88 bits per heavy atom. The Labute approximate surface area is 144 Å². The molecule has 0 saturated heterocycles. The lowest BCUT2D eigenvalue weighted by molar-refractivity contribution is 0.171. The summed E-state index contributed by atoms with van der Waals surface area (Å²) in [6, 6.07) is 6.50. The van der Waals surface area contributed by atoms with Gasteiger partial charge in [-0.15, -0.1) is 0 Å². The van der Waals surface area contributed by atoms with Crippen molar-refractivity contribution in [3.63, 3.8) is 0 Å². The fraction of sp³-hybridized carbons (Fsp3) is 0.526. The number of rotatable bonds is 5. The molecule has 0 saturated carbocycles. The van der Waals surface area contributed by atoms with Crippen molar-refractivity contribution in [2.75, 3.05) is 13.2 Å². The molecule has 1 atom stereocenters. The van der Waals surface area contributed by atoms with Gasteiger partial charge >= 0.3 is 0 Å². The fourth-order valence-corrected chi connectivity index (χ4v) is 3.28. The van der Waals surface area contributed by atoms with Crippen molar-refractivity contribution in [3.8, 4) is 11.5 Å². The van der Waals surface area contributed by atoms with E-state index in [9.17, 15) is 0 Å². The van der Waals surface area contributed by atoms with E-state index in [1.807, 2.05) is 17.8 Å². The molecular formula is C19H27N3O2. The van der Waals surface area contributed by atoms with E-state index < -0.39 is 0 Å². The number of hydrogen-bond donors (Lipinski definition) is 1. The summed E-state index contributed by atoms with van der Waals surface area (Å²) in [6.45, 7) is 10.7. The minimum Gasteiger partial charge on any atom is -0.486 e. The van der Waals surface area contributed by atoms with Crippen molar-refractivity contribution in [2.24, 2.45) is 13.0 Å². The smallest absolute Gasteiger partial charge is 0.161 e. The maximum Gasteiger partial charge on any atom is 0.161 e. The zero-order valence-corrected chi connectivity index (χ0v) is 15.2. The number of benzene rings is 1. The van der Waals surface area contributed by atoms with Gasteiger partial charge in [-0.2, -0.15) is 5.10 Å². The Hall–Kier alpha value is -2.01. The molecular weight excluding hydrogens is 302 g/mol. The SMILES string of the molecule is Cc1nn(C)c(C)c1CN[C@H](c1ccc2c(c1)OCCO2)C(C)C. The second-order valence-corrected chi connectivity index (χ2v) is 6.78. The molecule has 5 nitrogen and oxygen atoms in total. The molecule has 0 spiro atoms. The summed E-state index contributed by atoms with van der Waals surface area (Å²) >= 11 is 0. The molecule has 5 heteroatoms. The molecule has 0 amide bonds. The van der Waals surface area contributed by atoms with Gasteiger partial charge in [-0.25, -0.2) is 0 Å². The molecule has 3 rings (SSSR count). The van der Waals surface area contributed by atoms with Crippen LogP contribution in [-0.4, -0.2) is 23.0 Å². The lowest BCUT2D eigenvalue weighted by atomic mass is 9.95. The van der Waals surface area contributed by atoms with Crippen molar-refractivity contribution >= 4 is 0 Å². The van der Waals surface area contributed by atoms with Crippen LogP contribution in [0.1, 0.15) is 42.4 Å². The lowest BCUT2D eigenvalue weighted by Gasteiger charge is -2.25. The summed E-state index contributed by atoms with van der Waals surface area (Å²) in [4.78, 5) is 0. The van der Waals surface area contributed by atoms with Crippen LogP contribution in [0, 0.1) is 19.8 Å². The number of fused-ring (bicyclic) bond motifs is 1. The van der Waals surface area contributed by atoms with Crippen LogP contribution in [0.15, 0.2) is 18.2 Å². The average Bonchev–Trinajstić information content (AvgIpc) is 2.80. The predicted molar refractivity (Wildman–Crippen MR) is 94.5 cm³/mol. The van der Waals surface area contributed by atoms with Gasteiger partial charge in [0, 0.05) is 30.9 Å². The second kappa shape index (κ2) is 6.85. The van der Waals surface area contributed by atoms with Gasteiger partial charge in [0.05, 0.1) is 5.69 Å². The zero-order valence-electron chi connectivity index (χ0n) is 15.2. The van der Waals surface area contributed by atoms with E-state index >= 15 is 0 Å². The molecule has 130 valence electrons. The lowest BCUT2D eigenvalue weighted by Crippen LogP contribution is -2.26. The van der Waals surface area contributed by atoms with Crippen LogP contribution in [0.5, 0.6) is 11.5 Å². The molecule has 1 aliphatic rings. The van der Waals surface area contributed by atoms with E-state index in [0.29, 0.717) is 19.1 Å². The summed E-state index contributed by atoms with van der Waals surface area (Å²) in [5, 5.41) is 8.21. The molecule has 1 aliphatic heterocycles. The van der Waals surface area contributed by atoms with Gasteiger partial charge in [0.25, 0.3) is 0 Å². The van der Waals surface area contributed by atoms with Crippen LogP contribution in [-0.2, 0) is 13.6 Å². The summed E-state index contributed by atoms with van der Waals surface area (Å²) < 4.78 is 13.3. The highest BCUT2D eigenvalue weighted by atomic mass is 16.6. The van der Waals surface area contributed by atoms with Crippen molar-refractivity contribution in [2.45, 2.75) is 40.3 Å². The molecule has 0 aliphatic carbocycles. The molecule has 1 aromatic carbocycles. The number of ether oxygens (including phenoxy) is 2. The summed E-state index contributed by atoms with van der Waals surface area (Å²) in [7, 11) is 1.99. The van der Waals surface area contributed by atoms with Crippen LogP contribution >= 0.6 is 0 Å². The number of aromatic nitrogens is 2. The normalized spacial score (nSPS) is 14.9. The van der Waals surface area contributed by atoms with E-state index in [1.54, 1.807) is 0 Å². The highest BCUT2D eigenvalue weighted by Gasteiger charge is 2.20. The third-order valence-electron chi connectivity index (χ3n) is 4.75. The largest absolute Gasteiger partial charge is 0.486 e. The van der Waals surface area contributed by atoms with Crippen LogP contribution in [0.3, 0.4) is 0 Å². The van der Waals surface area contributed by atoms with Crippen LogP contribution in [0.2, 0.25) is 0 Å². The van der Waals surface area contributed by atoms with Crippen molar-refractivity contribution in [1.29, 1.82) is 0 Å². The maximum atomic E-state index is 5.73. The second-order valence-electron chi connectivity index (χ2n) is 6.78. The zero-order chi connectivity index (χ0) is 17.3. The third-order valence-corrected chi connectivity index (χ3v) is 4.75. The van der Waals surface area contributed by atoms with E-state index in [4.69, 9.17) is 9.47 Å². The topological polar surface area (TPSA) is 48.3 Å². The number of hydrogen-bond acceptors (Lipinski definition) is 4. The first-order valence-corrected chi connectivity index (χ1v) is 8.59. The average molecular weight is 329 g/mol. The molecule has 0 unspecified atom stereocenters. The number of nitrogens with zero attached hydrogens (tertiary/aromatic N) is 2. The minimum absolute atomic E-state index is 0.250. The molecule has 24 heavy (non-hydrogen) atoms. The van der Waals surface area contributed by atoms with E-state index in [0.717, 1.165) is 23.7 Å². The van der Waals surface area contributed by atoms with Gasteiger partial charge in [0.15, 0.2) is 11.5 Å². The van der Waals surface area contributed by atoms with Crippen LogP contribution in [0.4, 0.5) is 0 Å². The first kappa shape index (κ1) is 16.8. The van der Waals surface area contributed by atoms with E-state index in [1.165, 1.54) is 16.8 Å². The standard InChI is InChI=1S/C19H27N3O2/c1-12(2)19(20-11-16-13(3)21-22(5)14(16)4)15-6-7-17-18(10-15)24-9-8-23-17/h6-7,10,12,19-20H,8-9,11H2,1-5H3/t19-/m0/s1. The van der Waals surface area contributed by atoms with Crippen molar-refractivity contribution < 1.29 is 9.47 Å². The minimum atomic E-state index is 0.250. The number of nitrogens with one attached hydrogen (secondary N) is 1. The molecule has 0 fully saturated rings. The Balaban J connectivity index is 1.80. The third kappa shape index (κ3) is 3.26.